The first-order valence-electron chi connectivity index (χ1n) is 19.9. The van der Waals surface area contributed by atoms with Crippen molar-refractivity contribution in [3.05, 3.63) is 95.8 Å². The van der Waals surface area contributed by atoms with Crippen LogP contribution in [0, 0.1) is 17.7 Å². The number of fused-ring (bicyclic) bond motifs is 1. The molecule has 0 radical (unpaired) electrons. The highest BCUT2D eigenvalue weighted by Crippen LogP contribution is 2.35. The lowest BCUT2D eigenvalue weighted by Gasteiger charge is -2.38. The number of hydrogen-bond donors (Lipinski definition) is 2. The standard InChI is InChI=1S/C44H47F4N3O10S/c1-43(2,3)61-42(55)51-20-19-36(34(24-51)40(53)49-29-12-8-13-31(21-29)62(56,57)44(46,47)48)50-39(52)33-22-38(35(45)23-37(33)58-4)60-30-17-15-27(16-18-30)41(54)59-25-28-11-7-10-26-9-5-6-14-32(26)28/h5-14,21-23,27,30,34,36H,15-20,24-25H2,1-4H3,(H,49,53)(H,50,52). The van der Waals surface area contributed by atoms with Gasteiger partial charge < -0.3 is 34.5 Å². The molecule has 332 valence electrons. The van der Waals surface area contributed by atoms with Crippen molar-refractivity contribution in [2.75, 3.05) is 25.5 Å². The Labute approximate surface area is 355 Å². The lowest BCUT2D eigenvalue weighted by molar-refractivity contribution is -0.151. The summed E-state index contributed by atoms with van der Waals surface area (Å²) in [5.74, 6) is -4.81. The van der Waals surface area contributed by atoms with E-state index >= 15 is 4.39 Å². The Bertz CT molecular complexity index is 2430. The van der Waals surface area contributed by atoms with Crippen molar-refractivity contribution >= 4 is 50.2 Å². The van der Waals surface area contributed by atoms with Crippen LogP contribution in [0.25, 0.3) is 10.8 Å². The Morgan fingerprint density at radius 1 is 0.855 bits per heavy atom. The number of hydrogen-bond acceptors (Lipinski definition) is 10. The molecule has 1 aliphatic heterocycles. The van der Waals surface area contributed by atoms with E-state index < -0.39 is 67.6 Å². The van der Waals surface area contributed by atoms with E-state index in [0.717, 1.165) is 34.5 Å². The maximum atomic E-state index is 15.4. The second-order valence-corrected chi connectivity index (χ2v) is 18.1. The number of nitrogens with one attached hydrogen (secondary N) is 2. The fourth-order valence-electron chi connectivity index (χ4n) is 7.49. The summed E-state index contributed by atoms with van der Waals surface area (Å²) in [5, 5.41) is 7.21. The second kappa shape index (κ2) is 18.6. The van der Waals surface area contributed by atoms with E-state index in [1.165, 1.54) is 24.1 Å². The summed E-state index contributed by atoms with van der Waals surface area (Å²) in [6.07, 6.45) is 0.415. The molecule has 0 spiro atoms. The minimum atomic E-state index is -5.75. The van der Waals surface area contributed by atoms with Crippen molar-refractivity contribution in [2.24, 2.45) is 11.8 Å². The molecule has 1 saturated heterocycles. The summed E-state index contributed by atoms with van der Waals surface area (Å²) in [5.41, 5.74) is -6.03. The predicted molar refractivity (Wildman–Crippen MR) is 219 cm³/mol. The van der Waals surface area contributed by atoms with Gasteiger partial charge in [-0.1, -0.05) is 48.5 Å². The highest BCUT2D eigenvalue weighted by Gasteiger charge is 2.47. The van der Waals surface area contributed by atoms with Crippen LogP contribution in [0.4, 0.5) is 28.0 Å². The molecule has 4 aromatic rings. The minimum Gasteiger partial charge on any atom is -0.496 e. The van der Waals surface area contributed by atoms with Crippen LogP contribution in [0.5, 0.6) is 11.5 Å². The lowest BCUT2D eigenvalue weighted by Crippen LogP contribution is -2.56. The molecule has 18 heteroatoms. The molecule has 1 aliphatic carbocycles. The molecule has 2 fully saturated rings. The number of rotatable bonds is 11. The Morgan fingerprint density at radius 3 is 2.24 bits per heavy atom. The largest absolute Gasteiger partial charge is 0.501 e. The van der Waals surface area contributed by atoms with Crippen molar-refractivity contribution in [3.63, 3.8) is 0 Å². The van der Waals surface area contributed by atoms with Gasteiger partial charge in [-0.3, -0.25) is 14.4 Å². The van der Waals surface area contributed by atoms with E-state index in [0.29, 0.717) is 31.7 Å². The van der Waals surface area contributed by atoms with E-state index in [-0.39, 0.29) is 60.8 Å². The van der Waals surface area contributed by atoms with Gasteiger partial charge in [0.1, 0.15) is 18.0 Å². The third-order valence-corrected chi connectivity index (χ3v) is 12.2. The molecule has 2 unspecified atom stereocenters. The summed E-state index contributed by atoms with van der Waals surface area (Å²) in [4.78, 5) is 54.0. The quantitative estimate of drug-likeness (QED) is 0.112. The van der Waals surface area contributed by atoms with Gasteiger partial charge in [0.25, 0.3) is 15.7 Å². The minimum absolute atomic E-state index is 0.00600. The first-order valence-corrected chi connectivity index (χ1v) is 21.4. The maximum absolute atomic E-state index is 15.4. The van der Waals surface area contributed by atoms with Crippen molar-refractivity contribution in [2.45, 2.75) is 87.6 Å². The van der Waals surface area contributed by atoms with E-state index in [4.69, 9.17) is 18.9 Å². The van der Waals surface area contributed by atoms with Crippen molar-refractivity contribution < 1.29 is 64.1 Å². The molecule has 3 amide bonds. The Balaban J connectivity index is 1.13. The van der Waals surface area contributed by atoms with Gasteiger partial charge in [-0.25, -0.2) is 17.6 Å². The lowest BCUT2D eigenvalue weighted by atomic mass is 9.87. The molecule has 62 heavy (non-hydrogen) atoms. The average Bonchev–Trinajstić information content (AvgIpc) is 3.22. The number of amides is 3. The van der Waals surface area contributed by atoms with Crippen LogP contribution >= 0.6 is 0 Å². The predicted octanol–water partition coefficient (Wildman–Crippen LogP) is 7.96. The van der Waals surface area contributed by atoms with E-state index in [1.807, 2.05) is 42.5 Å². The summed E-state index contributed by atoms with van der Waals surface area (Å²) in [7, 11) is -4.51. The fourth-order valence-corrected chi connectivity index (χ4v) is 8.30. The van der Waals surface area contributed by atoms with Crippen LogP contribution < -0.4 is 20.1 Å². The van der Waals surface area contributed by atoms with Gasteiger partial charge >= 0.3 is 17.6 Å². The fraction of sp³-hybridized carbons (Fsp3) is 0.409. The number of anilines is 1. The van der Waals surface area contributed by atoms with Gasteiger partial charge in [0.2, 0.25) is 5.91 Å². The Morgan fingerprint density at radius 2 is 1.55 bits per heavy atom. The molecule has 2 atom stereocenters. The Hall–Kier alpha value is -5.91. The molecule has 0 aromatic heterocycles. The van der Waals surface area contributed by atoms with Crippen LogP contribution in [-0.2, 0) is 35.5 Å². The maximum Gasteiger partial charge on any atom is 0.501 e. The van der Waals surface area contributed by atoms with Crippen molar-refractivity contribution in [1.82, 2.24) is 10.2 Å². The average molecular weight is 886 g/mol. The second-order valence-electron chi connectivity index (χ2n) is 16.2. The van der Waals surface area contributed by atoms with Gasteiger partial charge in [0.05, 0.1) is 35.5 Å². The number of sulfone groups is 1. The molecule has 4 aromatic carbocycles. The van der Waals surface area contributed by atoms with Crippen LogP contribution in [0.2, 0.25) is 0 Å². The summed E-state index contributed by atoms with van der Waals surface area (Å²) in [6, 6.07) is 18.4. The van der Waals surface area contributed by atoms with Crippen LogP contribution in [0.15, 0.2) is 83.8 Å². The van der Waals surface area contributed by atoms with Gasteiger partial charge in [0.15, 0.2) is 11.6 Å². The molecule has 13 nitrogen and oxygen atoms in total. The number of esters is 1. The molecule has 6 rings (SSSR count). The van der Waals surface area contributed by atoms with E-state index in [9.17, 15) is 40.8 Å². The van der Waals surface area contributed by atoms with Gasteiger partial charge in [0, 0.05) is 30.9 Å². The topological polar surface area (TPSA) is 167 Å². The first kappa shape index (κ1) is 45.6. The molecular weight excluding hydrogens is 839 g/mol. The van der Waals surface area contributed by atoms with Crippen LogP contribution in [0.3, 0.4) is 0 Å². The van der Waals surface area contributed by atoms with Crippen LogP contribution in [0.1, 0.15) is 68.8 Å². The third-order valence-electron chi connectivity index (χ3n) is 10.7. The number of alkyl halides is 3. The highest BCUT2D eigenvalue weighted by molar-refractivity contribution is 7.92. The number of benzene rings is 4. The van der Waals surface area contributed by atoms with Gasteiger partial charge in [-0.05, 0) is 93.5 Å². The molecule has 2 N–H and O–H groups in total. The van der Waals surface area contributed by atoms with E-state index in [2.05, 4.69) is 10.6 Å². The zero-order valence-corrected chi connectivity index (χ0v) is 35.2. The number of nitrogens with zero attached hydrogens (tertiary/aromatic N) is 1. The molecule has 2 aliphatic rings. The molecular formula is C44H47F4N3O10S. The number of halogens is 4. The van der Waals surface area contributed by atoms with Crippen LogP contribution in [-0.4, -0.2) is 80.6 Å². The summed E-state index contributed by atoms with van der Waals surface area (Å²) >= 11 is 0. The molecule has 1 saturated carbocycles. The van der Waals surface area contributed by atoms with Gasteiger partial charge in [-0.2, -0.15) is 13.2 Å². The molecule has 0 bridgehead atoms. The van der Waals surface area contributed by atoms with Crippen molar-refractivity contribution in [1.29, 1.82) is 0 Å². The smallest absolute Gasteiger partial charge is 0.496 e. The first-order chi connectivity index (χ1) is 29.2. The number of likely N-dealkylation sites (tertiary alicyclic amines) is 1. The highest BCUT2D eigenvalue weighted by atomic mass is 32.2. The molecule has 1 heterocycles. The van der Waals surface area contributed by atoms with E-state index in [1.54, 1.807) is 20.8 Å². The number of carbonyl (C=O) groups is 4. The zero-order valence-electron chi connectivity index (χ0n) is 34.4. The normalized spacial score (nSPS) is 19.6. The monoisotopic (exact) mass is 885 g/mol. The number of piperidine rings is 1. The Kier molecular flexibility index (Phi) is 13.7. The number of methoxy groups -OCH3 is 1. The summed E-state index contributed by atoms with van der Waals surface area (Å²) in [6.45, 7) is 4.79. The van der Waals surface area contributed by atoms with Crippen molar-refractivity contribution in [3.8, 4) is 11.5 Å². The SMILES string of the molecule is COc1cc(F)c(OC2CCC(C(=O)OCc3cccc4ccccc34)CC2)cc1C(=O)NC1CCN(C(=O)OC(C)(C)C)CC1C(=O)Nc1cccc(S(=O)(=O)C(F)(F)F)c1. The summed E-state index contributed by atoms with van der Waals surface area (Å²) < 4.78 is 102. The number of ether oxygens (including phenoxy) is 4. The zero-order chi connectivity index (χ0) is 45.0. The number of carbonyl (C=O) groups excluding carboxylic acids is 4. The third kappa shape index (κ3) is 10.7. The van der Waals surface area contributed by atoms with Gasteiger partial charge in [-0.15, -0.1) is 0 Å².